The number of hydrogen-bond donors (Lipinski definition) is 5. The molecule has 0 saturated carbocycles. The Bertz CT molecular complexity index is 1130. The summed E-state index contributed by atoms with van der Waals surface area (Å²) in [7, 11) is 1.76. The van der Waals surface area contributed by atoms with Gasteiger partial charge in [-0.25, -0.2) is 15.0 Å². The molecule has 0 unspecified atom stereocenters. The van der Waals surface area contributed by atoms with Crippen LogP contribution in [0.2, 0.25) is 0 Å². The van der Waals surface area contributed by atoms with E-state index in [0.717, 1.165) is 17.0 Å². The fourth-order valence-electron chi connectivity index (χ4n) is 3.47. The van der Waals surface area contributed by atoms with Gasteiger partial charge in [0.15, 0.2) is 0 Å². The summed E-state index contributed by atoms with van der Waals surface area (Å²) in [5.74, 6) is 6.41. The van der Waals surface area contributed by atoms with Gasteiger partial charge in [0.05, 0.1) is 17.8 Å². The monoisotopic (exact) mass is 446 g/mol. The smallest absolute Gasteiger partial charge is 0.259 e. The number of carbonyl (C=O) groups is 1. The van der Waals surface area contributed by atoms with E-state index < -0.39 is 0 Å². The average Bonchev–Trinajstić information content (AvgIpc) is 2.84. The highest BCUT2D eigenvalue weighted by molar-refractivity contribution is 6.07. The van der Waals surface area contributed by atoms with Crippen molar-refractivity contribution >= 4 is 23.4 Å². The quantitative estimate of drug-likeness (QED) is 0.250. The molecule has 1 amide bonds. The second-order valence-electron chi connectivity index (χ2n) is 7.88. The molecule has 0 spiro atoms. The number of aromatic nitrogens is 3. The van der Waals surface area contributed by atoms with Gasteiger partial charge in [0.2, 0.25) is 5.95 Å². The maximum atomic E-state index is 13.0. The molecule has 3 rings (SSSR count). The predicted octanol–water partition coefficient (Wildman–Crippen LogP) is 3.42. The molecule has 0 bridgehead atoms. The molecule has 1 aromatic carbocycles. The molecule has 172 valence electrons. The first-order valence-corrected chi connectivity index (χ1v) is 10.6. The molecular formula is C24H30N8O. The predicted molar refractivity (Wildman–Crippen MR) is 132 cm³/mol. The molecule has 6 N–H and O–H groups in total. The van der Waals surface area contributed by atoms with Gasteiger partial charge in [-0.2, -0.15) is 0 Å². The van der Waals surface area contributed by atoms with Crippen molar-refractivity contribution in [3.63, 3.8) is 0 Å². The summed E-state index contributed by atoms with van der Waals surface area (Å²) in [5.41, 5.74) is 6.35. The number of benzene rings is 1. The summed E-state index contributed by atoms with van der Waals surface area (Å²) in [5, 5.41) is 9.03. The van der Waals surface area contributed by atoms with Gasteiger partial charge in [0.25, 0.3) is 5.91 Å². The van der Waals surface area contributed by atoms with Crippen LogP contribution in [0, 0.1) is 0 Å². The first-order valence-electron chi connectivity index (χ1n) is 10.6. The number of nitrogens with zero attached hydrogens (tertiary/aromatic N) is 3. The van der Waals surface area contributed by atoms with E-state index in [2.05, 4.69) is 50.2 Å². The zero-order valence-corrected chi connectivity index (χ0v) is 19.3. The highest BCUT2D eigenvalue weighted by Gasteiger charge is 2.24. The minimum absolute atomic E-state index is 0.256. The zero-order valence-electron chi connectivity index (χ0n) is 19.3. The van der Waals surface area contributed by atoms with E-state index in [1.807, 2.05) is 37.3 Å². The van der Waals surface area contributed by atoms with E-state index in [1.165, 1.54) is 0 Å². The minimum Gasteiger partial charge on any atom is -0.364 e. The van der Waals surface area contributed by atoms with Crippen LogP contribution >= 0.6 is 0 Å². The Morgan fingerprint density at radius 2 is 1.85 bits per heavy atom. The number of allylic oxidation sites excluding steroid dienone is 2. The van der Waals surface area contributed by atoms with Gasteiger partial charge in [0.1, 0.15) is 5.82 Å². The highest BCUT2D eigenvalue weighted by Crippen LogP contribution is 2.30. The lowest BCUT2D eigenvalue weighted by Crippen LogP contribution is -2.34. The van der Waals surface area contributed by atoms with E-state index in [9.17, 15) is 4.79 Å². The third-order valence-electron chi connectivity index (χ3n) is 5.41. The van der Waals surface area contributed by atoms with Crippen LogP contribution in [0.15, 0.2) is 66.6 Å². The van der Waals surface area contributed by atoms with E-state index >= 15 is 0 Å². The molecule has 0 fully saturated rings. The van der Waals surface area contributed by atoms with E-state index in [-0.39, 0.29) is 11.3 Å². The standard InChI is InChI=1S/C24H30N8O/c1-5-20(32-25)24(2,3)16-8-10-17(11-9-16)30-22(33)19-7-6-13-27-21(19)29-15-18-12-14-28-23(26-4)31-18/h5-14,32H,15,25H2,1-4H3,(H,27,29)(H,30,33)(H,26,28,31)/b20-5-. The third-order valence-corrected chi connectivity index (χ3v) is 5.41. The van der Waals surface area contributed by atoms with Crippen molar-refractivity contribution in [1.29, 1.82) is 0 Å². The van der Waals surface area contributed by atoms with Crippen molar-refractivity contribution in [2.75, 3.05) is 23.0 Å². The van der Waals surface area contributed by atoms with Gasteiger partial charge >= 0.3 is 0 Å². The summed E-state index contributed by atoms with van der Waals surface area (Å²) in [6, 6.07) is 13.0. The normalized spacial score (nSPS) is 11.6. The summed E-state index contributed by atoms with van der Waals surface area (Å²) in [6.45, 7) is 6.51. The van der Waals surface area contributed by atoms with Crippen molar-refractivity contribution in [2.24, 2.45) is 5.84 Å². The molecule has 33 heavy (non-hydrogen) atoms. The molecule has 3 aromatic rings. The molecule has 2 heterocycles. The summed E-state index contributed by atoms with van der Waals surface area (Å²) >= 11 is 0. The second kappa shape index (κ2) is 10.6. The number of amides is 1. The van der Waals surface area contributed by atoms with E-state index in [1.54, 1.807) is 37.6 Å². The first-order chi connectivity index (χ1) is 15.9. The third kappa shape index (κ3) is 5.64. The van der Waals surface area contributed by atoms with Crippen LogP contribution in [0.1, 0.15) is 42.4 Å². The number of nitrogens with two attached hydrogens (primary N) is 1. The minimum atomic E-state index is -0.291. The first kappa shape index (κ1) is 23.7. The number of pyridine rings is 1. The largest absolute Gasteiger partial charge is 0.364 e. The van der Waals surface area contributed by atoms with Crippen LogP contribution in [0.4, 0.5) is 17.5 Å². The lowest BCUT2D eigenvalue weighted by molar-refractivity contribution is 0.102. The molecule has 9 heteroatoms. The van der Waals surface area contributed by atoms with Crippen LogP contribution in [-0.4, -0.2) is 27.9 Å². The fourth-order valence-corrected chi connectivity index (χ4v) is 3.47. The average molecular weight is 447 g/mol. The highest BCUT2D eigenvalue weighted by atomic mass is 16.1. The number of hydrazine groups is 1. The summed E-state index contributed by atoms with van der Waals surface area (Å²) in [6.07, 6.45) is 5.27. The Morgan fingerprint density at radius 1 is 1.09 bits per heavy atom. The number of carbonyl (C=O) groups excluding carboxylic acids is 1. The SMILES string of the molecule is C/C=C(\NN)C(C)(C)c1ccc(NC(=O)c2cccnc2NCc2ccnc(NC)n2)cc1. The molecule has 0 aliphatic heterocycles. The molecule has 0 atom stereocenters. The van der Waals surface area contributed by atoms with Crippen LogP contribution in [0.5, 0.6) is 0 Å². The van der Waals surface area contributed by atoms with Gasteiger partial charge in [0, 0.05) is 36.2 Å². The van der Waals surface area contributed by atoms with Crippen molar-refractivity contribution in [2.45, 2.75) is 32.7 Å². The molecule has 0 aliphatic rings. The second-order valence-corrected chi connectivity index (χ2v) is 7.88. The number of rotatable bonds is 9. The summed E-state index contributed by atoms with van der Waals surface area (Å²) in [4.78, 5) is 25.8. The van der Waals surface area contributed by atoms with Crippen molar-refractivity contribution in [3.05, 3.63) is 83.5 Å². The van der Waals surface area contributed by atoms with Crippen molar-refractivity contribution < 1.29 is 4.79 Å². The molecule has 9 nitrogen and oxygen atoms in total. The molecular weight excluding hydrogens is 416 g/mol. The maximum absolute atomic E-state index is 13.0. The Hall–Kier alpha value is -3.98. The van der Waals surface area contributed by atoms with Crippen LogP contribution in [0.3, 0.4) is 0 Å². The Kier molecular flexibility index (Phi) is 7.57. The van der Waals surface area contributed by atoms with Gasteiger partial charge in [-0.05, 0) is 42.8 Å². The maximum Gasteiger partial charge on any atom is 0.259 e. The molecule has 0 saturated heterocycles. The lowest BCUT2D eigenvalue weighted by Gasteiger charge is -2.28. The number of nitrogens with one attached hydrogen (secondary N) is 4. The number of hydrogen-bond acceptors (Lipinski definition) is 8. The summed E-state index contributed by atoms with van der Waals surface area (Å²) < 4.78 is 0. The van der Waals surface area contributed by atoms with Gasteiger partial charge in [-0.1, -0.05) is 32.1 Å². The zero-order chi connectivity index (χ0) is 23.8. The van der Waals surface area contributed by atoms with Gasteiger partial charge in [-0.3, -0.25) is 10.6 Å². The molecule has 0 aliphatic carbocycles. The van der Waals surface area contributed by atoms with Gasteiger partial charge < -0.3 is 21.4 Å². The van der Waals surface area contributed by atoms with Gasteiger partial charge in [-0.15, -0.1) is 0 Å². The topological polar surface area (TPSA) is 130 Å². The van der Waals surface area contributed by atoms with Crippen molar-refractivity contribution in [3.8, 4) is 0 Å². The van der Waals surface area contributed by atoms with E-state index in [0.29, 0.717) is 29.6 Å². The van der Waals surface area contributed by atoms with Crippen LogP contribution < -0.4 is 27.2 Å². The Labute approximate surface area is 193 Å². The molecule has 2 aromatic heterocycles. The Morgan fingerprint density at radius 3 is 2.52 bits per heavy atom. The number of anilines is 3. The van der Waals surface area contributed by atoms with Crippen molar-refractivity contribution in [1.82, 2.24) is 20.4 Å². The lowest BCUT2D eigenvalue weighted by atomic mass is 9.81. The Balaban J connectivity index is 1.72. The van der Waals surface area contributed by atoms with Crippen LogP contribution in [0.25, 0.3) is 0 Å². The fraction of sp³-hybridized carbons (Fsp3) is 0.250. The molecule has 0 radical (unpaired) electrons. The van der Waals surface area contributed by atoms with Crippen LogP contribution in [-0.2, 0) is 12.0 Å². The van der Waals surface area contributed by atoms with E-state index in [4.69, 9.17) is 5.84 Å².